The molecule has 0 aliphatic carbocycles. The summed E-state index contributed by atoms with van der Waals surface area (Å²) in [4.78, 5) is 0. The first-order valence-corrected chi connectivity index (χ1v) is 6.81. The van der Waals surface area contributed by atoms with Gasteiger partial charge in [0.25, 0.3) is 0 Å². The van der Waals surface area contributed by atoms with Gasteiger partial charge < -0.3 is 14.8 Å². The lowest BCUT2D eigenvalue weighted by Gasteiger charge is -2.16. The smallest absolute Gasteiger partial charge is 0.142 e. The second-order valence-electron chi connectivity index (χ2n) is 4.96. The van der Waals surface area contributed by atoms with Gasteiger partial charge in [0.15, 0.2) is 0 Å². The topological polar surface area (TPSA) is 30.5 Å². The highest BCUT2D eigenvalue weighted by molar-refractivity contribution is 5.57. The second kappa shape index (κ2) is 6.10. The molecule has 0 aromatic heterocycles. The molecule has 0 saturated carbocycles. The maximum atomic E-state index is 5.80. The summed E-state index contributed by atoms with van der Waals surface area (Å²) in [6, 6.07) is 6.26. The van der Waals surface area contributed by atoms with Crippen LogP contribution in [0.1, 0.15) is 32.3 Å². The monoisotopic (exact) mass is 249 g/mol. The van der Waals surface area contributed by atoms with Crippen molar-refractivity contribution >= 4 is 5.69 Å². The van der Waals surface area contributed by atoms with Crippen LogP contribution in [0.4, 0.5) is 5.69 Å². The number of nitrogens with one attached hydrogen (secondary N) is 1. The molecule has 1 saturated heterocycles. The van der Waals surface area contributed by atoms with Gasteiger partial charge in [-0.3, -0.25) is 0 Å². The Balaban J connectivity index is 1.95. The van der Waals surface area contributed by atoms with Crippen molar-refractivity contribution in [1.29, 1.82) is 0 Å². The molecule has 0 amide bonds. The van der Waals surface area contributed by atoms with Gasteiger partial charge in [-0.05, 0) is 51.3 Å². The van der Waals surface area contributed by atoms with Crippen LogP contribution in [0.15, 0.2) is 18.2 Å². The third-order valence-corrected chi connectivity index (χ3v) is 3.28. The average Bonchev–Trinajstić information content (AvgIpc) is 2.75. The van der Waals surface area contributed by atoms with Crippen LogP contribution in [0, 0.1) is 6.92 Å². The molecule has 1 aliphatic heterocycles. The molecule has 1 aromatic carbocycles. The van der Waals surface area contributed by atoms with Gasteiger partial charge in [0.05, 0.1) is 24.5 Å². The minimum atomic E-state index is 0.329. The minimum absolute atomic E-state index is 0.329. The molecular formula is C15H23NO2. The van der Waals surface area contributed by atoms with Gasteiger partial charge in [-0.25, -0.2) is 0 Å². The molecule has 2 atom stereocenters. The van der Waals surface area contributed by atoms with E-state index >= 15 is 0 Å². The van der Waals surface area contributed by atoms with E-state index in [-0.39, 0.29) is 0 Å². The first-order valence-electron chi connectivity index (χ1n) is 6.81. The largest absolute Gasteiger partial charge is 0.492 e. The molecule has 0 spiro atoms. The maximum absolute atomic E-state index is 5.80. The predicted octanol–water partition coefficient (Wildman–Crippen LogP) is 3.37. The Kier molecular flexibility index (Phi) is 4.48. The third-order valence-electron chi connectivity index (χ3n) is 3.28. The van der Waals surface area contributed by atoms with E-state index in [1.807, 2.05) is 6.92 Å². The quantitative estimate of drug-likeness (QED) is 0.868. The SMILES string of the molecule is CCOc1cc(C)ccc1NCC1CCC(C)O1. The van der Waals surface area contributed by atoms with E-state index in [0.717, 1.165) is 24.4 Å². The van der Waals surface area contributed by atoms with E-state index < -0.39 is 0 Å². The van der Waals surface area contributed by atoms with Crippen LogP contribution in [0.25, 0.3) is 0 Å². The summed E-state index contributed by atoms with van der Waals surface area (Å²) in [5, 5.41) is 3.44. The molecule has 1 aromatic rings. The van der Waals surface area contributed by atoms with E-state index in [0.29, 0.717) is 18.8 Å². The molecule has 1 heterocycles. The Hall–Kier alpha value is -1.22. The molecule has 100 valence electrons. The average molecular weight is 249 g/mol. The number of anilines is 1. The fraction of sp³-hybridized carbons (Fsp3) is 0.600. The summed E-state index contributed by atoms with van der Waals surface area (Å²) >= 11 is 0. The fourth-order valence-electron chi connectivity index (χ4n) is 2.31. The Labute approximate surface area is 109 Å². The van der Waals surface area contributed by atoms with Gasteiger partial charge in [-0.2, -0.15) is 0 Å². The molecule has 3 heteroatoms. The number of benzene rings is 1. The fourth-order valence-corrected chi connectivity index (χ4v) is 2.31. The predicted molar refractivity (Wildman–Crippen MR) is 74.4 cm³/mol. The van der Waals surface area contributed by atoms with Gasteiger partial charge >= 0.3 is 0 Å². The first kappa shape index (κ1) is 13.2. The van der Waals surface area contributed by atoms with E-state index in [4.69, 9.17) is 9.47 Å². The molecule has 0 bridgehead atoms. The zero-order valence-corrected chi connectivity index (χ0v) is 11.5. The van der Waals surface area contributed by atoms with Gasteiger partial charge in [-0.1, -0.05) is 6.07 Å². The number of aryl methyl sites for hydroxylation is 1. The summed E-state index contributed by atoms with van der Waals surface area (Å²) in [6.07, 6.45) is 3.04. The molecule has 0 radical (unpaired) electrons. The molecule has 3 nitrogen and oxygen atoms in total. The number of hydrogen-bond donors (Lipinski definition) is 1. The van der Waals surface area contributed by atoms with Crippen molar-refractivity contribution < 1.29 is 9.47 Å². The summed E-state index contributed by atoms with van der Waals surface area (Å²) in [7, 11) is 0. The molecule has 18 heavy (non-hydrogen) atoms. The molecule has 1 aliphatic rings. The van der Waals surface area contributed by atoms with Crippen LogP contribution in [0.5, 0.6) is 5.75 Å². The van der Waals surface area contributed by atoms with Crippen molar-refractivity contribution in [1.82, 2.24) is 0 Å². The van der Waals surface area contributed by atoms with E-state index in [1.54, 1.807) is 0 Å². The van der Waals surface area contributed by atoms with Crippen molar-refractivity contribution in [2.75, 3.05) is 18.5 Å². The summed E-state index contributed by atoms with van der Waals surface area (Å²) < 4.78 is 11.5. The van der Waals surface area contributed by atoms with Gasteiger partial charge in [0, 0.05) is 6.54 Å². The van der Waals surface area contributed by atoms with Gasteiger partial charge in [0.1, 0.15) is 5.75 Å². The molecule has 1 fully saturated rings. The van der Waals surface area contributed by atoms with Gasteiger partial charge in [-0.15, -0.1) is 0 Å². The van der Waals surface area contributed by atoms with Crippen molar-refractivity contribution in [3.05, 3.63) is 23.8 Å². The van der Waals surface area contributed by atoms with Crippen LogP contribution in [-0.4, -0.2) is 25.4 Å². The Morgan fingerprint density at radius 1 is 1.39 bits per heavy atom. The lowest BCUT2D eigenvalue weighted by molar-refractivity contribution is 0.0636. The number of rotatable bonds is 5. The summed E-state index contributed by atoms with van der Waals surface area (Å²) in [6.45, 7) is 7.77. The Morgan fingerprint density at radius 2 is 2.22 bits per heavy atom. The maximum Gasteiger partial charge on any atom is 0.142 e. The summed E-state index contributed by atoms with van der Waals surface area (Å²) in [5.41, 5.74) is 2.28. The van der Waals surface area contributed by atoms with Crippen LogP contribution >= 0.6 is 0 Å². The molecule has 2 rings (SSSR count). The van der Waals surface area contributed by atoms with Crippen LogP contribution in [0.3, 0.4) is 0 Å². The van der Waals surface area contributed by atoms with E-state index in [1.165, 1.54) is 12.0 Å². The minimum Gasteiger partial charge on any atom is -0.492 e. The number of hydrogen-bond acceptors (Lipinski definition) is 3. The van der Waals surface area contributed by atoms with Crippen molar-refractivity contribution in [3.63, 3.8) is 0 Å². The van der Waals surface area contributed by atoms with Crippen molar-refractivity contribution in [3.8, 4) is 5.75 Å². The van der Waals surface area contributed by atoms with Crippen molar-refractivity contribution in [2.24, 2.45) is 0 Å². The summed E-state index contributed by atoms with van der Waals surface area (Å²) in [5.74, 6) is 0.934. The standard InChI is InChI=1S/C15H23NO2/c1-4-17-15-9-11(2)5-8-14(15)16-10-13-7-6-12(3)18-13/h5,8-9,12-13,16H,4,6-7,10H2,1-3H3. The van der Waals surface area contributed by atoms with Crippen LogP contribution in [0.2, 0.25) is 0 Å². The van der Waals surface area contributed by atoms with E-state index in [2.05, 4.69) is 37.4 Å². The Bertz CT molecular complexity index is 392. The molecular weight excluding hydrogens is 226 g/mol. The normalized spacial score (nSPS) is 23.1. The highest BCUT2D eigenvalue weighted by atomic mass is 16.5. The number of ether oxygens (including phenoxy) is 2. The molecule has 1 N–H and O–H groups in total. The van der Waals surface area contributed by atoms with Crippen LogP contribution in [-0.2, 0) is 4.74 Å². The van der Waals surface area contributed by atoms with Gasteiger partial charge in [0.2, 0.25) is 0 Å². The second-order valence-corrected chi connectivity index (χ2v) is 4.96. The lowest BCUT2D eigenvalue weighted by Crippen LogP contribution is -2.20. The molecule has 2 unspecified atom stereocenters. The van der Waals surface area contributed by atoms with E-state index in [9.17, 15) is 0 Å². The highest BCUT2D eigenvalue weighted by Gasteiger charge is 2.21. The Morgan fingerprint density at radius 3 is 2.89 bits per heavy atom. The van der Waals surface area contributed by atoms with Crippen LogP contribution < -0.4 is 10.1 Å². The third kappa shape index (κ3) is 3.39. The zero-order valence-electron chi connectivity index (χ0n) is 11.5. The lowest BCUT2D eigenvalue weighted by atomic mass is 10.2. The highest BCUT2D eigenvalue weighted by Crippen LogP contribution is 2.27. The zero-order chi connectivity index (χ0) is 13.0. The first-order chi connectivity index (χ1) is 8.69. The van der Waals surface area contributed by atoms with Crippen molar-refractivity contribution in [2.45, 2.75) is 45.8 Å².